The van der Waals surface area contributed by atoms with Gasteiger partial charge in [0.2, 0.25) is 0 Å². The van der Waals surface area contributed by atoms with Crippen molar-refractivity contribution in [1.82, 2.24) is 4.98 Å². The van der Waals surface area contributed by atoms with Crippen molar-refractivity contribution in [2.75, 3.05) is 6.61 Å². The fraction of sp³-hybridized carbons (Fsp3) is 0.333. The van der Waals surface area contributed by atoms with Crippen molar-refractivity contribution in [2.24, 2.45) is 5.92 Å². The molecule has 3 nitrogen and oxygen atoms in total. The van der Waals surface area contributed by atoms with Gasteiger partial charge < -0.3 is 4.74 Å². The zero-order chi connectivity index (χ0) is 12.2. The number of hydrogen-bond donors (Lipinski definition) is 0. The molecule has 0 saturated carbocycles. The summed E-state index contributed by atoms with van der Waals surface area (Å²) in [5.74, 6) is -1.95. The van der Waals surface area contributed by atoms with E-state index in [9.17, 15) is 13.2 Å². The Morgan fingerprint density at radius 3 is 2.69 bits per heavy atom. The van der Waals surface area contributed by atoms with Crippen LogP contribution in [0.3, 0.4) is 0 Å². The molecule has 86 valence electrons. The second-order valence-electron chi connectivity index (χ2n) is 2.87. The van der Waals surface area contributed by atoms with Crippen LogP contribution in [0.1, 0.15) is 0 Å². The van der Waals surface area contributed by atoms with Crippen LogP contribution in [-0.4, -0.2) is 17.8 Å². The van der Waals surface area contributed by atoms with Crippen molar-refractivity contribution < 1.29 is 17.9 Å². The van der Waals surface area contributed by atoms with Gasteiger partial charge in [0.1, 0.15) is 12.4 Å². The van der Waals surface area contributed by atoms with Gasteiger partial charge in [-0.15, -0.1) is 0 Å². The Balaban J connectivity index is 2.61. The molecule has 1 unspecified atom stereocenters. The molecule has 1 atom stereocenters. The fourth-order valence-corrected chi connectivity index (χ4v) is 1.20. The Morgan fingerprint density at radius 1 is 1.50 bits per heavy atom. The maximum absolute atomic E-state index is 12.2. The Hall–Kier alpha value is -1.29. The summed E-state index contributed by atoms with van der Waals surface area (Å²) in [5, 5.41) is 8.32. The lowest BCUT2D eigenvalue weighted by Gasteiger charge is -2.13. The first kappa shape index (κ1) is 12.8. The van der Waals surface area contributed by atoms with E-state index in [4.69, 9.17) is 10.00 Å². The van der Waals surface area contributed by atoms with Gasteiger partial charge in [0, 0.05) is 10.7 Å². The van der Waals surface area contributed by atoms with E-state index in [1.165, 1.54) is 18.5 Å². The Morgan fingerprint density at radius 2 is 2.19 bits per heavy atom. The summed E-state index contributed by atoms with van der Waals surface area (Å²) in [6.45, 7) is -0.738. The number of halogens is 4. The van der Waals surface area contributed by atoms with E-state index in [-0.39, 0.29) is 5.75 Å². The topological polar surface area (TPSA) is 45.9 Å². The summed E-state index contributed by atoms with van der Waals surface area (Å²) >= 11 is 3.10. The average molecular weight is 295 g/mol. The Kier molecular flexibility index (Phi) is 4.12. The second kappa shape index (κ2) is 5.16. The van der Waals surface area contributed by atoms with Crippen LogP contribution in [-0.2, 0) is 0 Å². The summed E-state index contributed by atoms with van der Waals surface area (Å²) < 4.78 is 41.9. The summed E-state index contributed by atoms with van der Waals surface area (Å²) in [5.41, 5.74) is 0. The summed E-state index contributed by atoms with van der Waals surface area (Å²) in [6.07, 6.45) is -1.83. The SMILES string of the molecule is N#CC(COc1cncc(Br)c1)C(F)(F)F. The van der Waals surface area contributed by atoms with E-state index in [1.807, 2.05) is 0 Å². The Bertz CT molecular complexity index is 402. The van der Waals surface area contributed by atoms with E-state index in [1.54, 1.807) is 0 Å². The summed E-state index contributed by atoms with van der Waals surface area (Å²) in [7, 11) is 0. The highest BCUT2D eigenvalue weighted by molar-refractivity contribution is 9.10. The predicted octanol–water partition coefficient (Wildman–Crippen LogP) is 2.92. The number of alkyl halides is 3. The lowest BCUT2D eigenvalue weighted by molar-refractivity contribution is -0.165. The molecule has 0 aliphatic rings. The molecule has 0 aliphatic heterocycles. The number of ether oxygens (including phenoxy) is 1. The monoisotopic (exact) mass is 294 g/mol. The molecular formula is C9H6BrF3N2O. The van der Waals surface area contributed by atoms with Crippen molar-refractivity contribution >= 4 is 15.9 Å². The van der Waals surface area contributed by atoms with E-state index >= 15 is 0 Å². The van der Waals surface area contributed by atoms with Crippen molar-refractivity contribution in [1.29, 1.82) is 5.26 Å². The van der Waals surface area contributed by atoms with Gasteiger partial charge in [0.15, 0.2) is 5.92 Å². The molecule has 0 N–H and O–H groups in total. The molecule has 0 aromatic carbocycles. The molecule has 1 aromatic heterocycles. The fourth-order valence-electron chi connectivity index (χ4n) is 0.856. The third-order valence-electron chi connectivity index (χ3n) is 1.65. The quantitative estimate of drug-likeness (QED) is 0.861. The molecule has 0 aliphatic carbocycles. The highest BCUT2D eigenvalue weighted by atomic mass is 79.9. The molecule has 0 spiro atoms. The maximum atomic E-state index is 12.2. The van der Waals surface area contributed by atoms with Crippen LogP contribution in [0, 0.1) is 17.2 Å². The van der Waals surface area contributed by atoms with Gasteiger partial charge in [-0.3, -0.25) is 4.98 Å². The second-order valence-corrected chi connectivity index (χ2v) is 3.79. The lowest BCUT2D eigenvalue weighted by Crippen LogP contribution is -2.27. The van der Waals surface area contributed by atoms with Gasteiger partial charge in [-0.2, -0.15) is 18.4 Å². The number of nitriles is 1. The van der Waals surface area contributed by atoms with Crippen LogP contribution in [0.25, 0.3) is 0 Å². The van der Waals surface area contributed by atoms with Crippen LogP contribution in [0.2, 0.25) is 0 Å². The maximum Gasteiger partial charge on any atom is 0.407 e. The number of hydrogen-bond acceptors (Lipinski definition) is 3. The van der Waals surface area contributed by atoms with Gasteiger partial charge in [0.25, 0.3) is 0 Å². The zero-order valence-electron chi connectivity index (χ0n) is 7.83. The van der Waals surface area contributed by atoms with Crippen molar-refractivity contribution in [3.05, 3.63) is 22.9 Å². The van der Waals surface area contributed by atoms with E-state index < -0.39 is 18.7 Å². The number of pyridine rings is 1. The molecule has 1 heterocycles. The van der Waals surface area contributed by atoms with Crippen LogP contribution < -0.4 is 4.74 Å². The van der Waals surface area contributed by atoms with Crippen LogP contribution in [0.4, 0.5) is 13.2 Å². The minimum absolute atomic E-state index is 0.180. The normalized spacial score (nSPS) is 12.9. The number of nitrogens with zero attached hydrogens (tertiary/aromatic N) is 2. The number of aromatic nitrogens is 1. The molecule has 0 radical (unpaired) electrons. The molecule has 1 rings (SSSR count). The molecule has 0 amide bonds. The molecule has 0 fully saturated rings. The molecule has 0 saturated heterocycles. The lowest BCUT2D eigenvalue weighted by atomic mass is 10.2. The van der Waals surface area contributed by atoms with Crippen molar-refractivity contribution in [2.45, 2.75) is 6.18 Å². The molecule has 7 heteroatoms. The summed E-state index contributed by atoms with van der Waals surface area (Å²) in [6, 6.07) is 2.61. The number of rotatable bonds is 3. The van der Waals surface area contributed by atoms with E-state index in [0.717, 1.165) is 6.07 Å². The smallest absolute Gasteiger partial charge is 0.407 e. The highest BCUT2D eigenvalue weighted by Gasteiger charge is 2.40. The molecule has 1 aromatic rings. The first-order valence-corrected chi connectivity index (χ1v) is 4.92. The van der Waals surface area contributed by atoms with Gasteiger partial charge >= 0.3 is 6.18 Å². The predicted molar refractivity (Wildman–Crippen MR) is 52.6 cm³/mol. The van der Waals surface area contributed by atoms with E-state index in [2.05, 4.69) is 20.9 Å². The molecular weight excluding hydrogens is 289 g/mol. The van der Waals surface area contributed by atoms with Gasteiger partial charge in [-0.25, -0.2) is 0 Å². The minimum atomic E-state index is -4.58. The van der Waals surface area contributed by atoms with Gasteiger partial charge in [0.05, 0.1) is 12.3 Å². The average Bonchev–Trinajstić information content (AvgIpc) is 2.16. The van der Waals surface area contributed by atoms with Gasteiger partial charge in [-0.1, -0.05) is 0 Å². The third kappa shape index (κ3) is 3.70. The largest absolute Gasteiger partial charge is 0.490 e. The highest BCUT2D eigenvalue weighted by Crippen LogP contribution is 2.26. The zero-order valence-corrected chi connectivity index (χ0v) is 9.42. The first-order valence-electron chi connectivity index (χ1n) is 4.13. The first-order chi connectivity index (χ1) is 7.43. The minimum Gasteiger partial charge on any atom is -0.490 e. The van der Waals surface area contributed by atoms with Crippen LogP contribution >= 0.6 is 15.9 Å². The molecule has 16 heavy (non-hydrogen) atoms. The third-order valence-corrected chi connectivity index (χ3v) is 2.08. The summed E-state index contributed by atoms with van der Waals surface area (Å²) in [4.78, 5) is 3.71. The van der Waals surface area contributed by atoms with Crippen molar-refractivity contribution in [3.63, 3.8) is 0 Å². The van der Waals surface area contributed by atoms with Crippen LogP contribution in [0.5, 0.6) is 5.75 Å². The van der Waals surface area contributed by atoms with Gasteiger partial charge in [-0.05, 0) is 22.0 Å². The Labute approximate surface area is 98.0 Å². The van der Waals surface area contributed by atoms with Crippen molar-refractivity contribution in [3.8, 4) is 11.8 Å². The van der Waals surface area contributed by atoms with E-state index in [0.29, 0.717) is 4.47 Å². The standard InChI is InChI=1S/C9H6BrF3N2O/c10-7-1-8(4-15-3-7)16-5-6(2-14)9(11,12)13/h1,3-4,6H,5H2. The molecule has 0 bridgehead atoms. The van der Waals surface area contributed by atoms with Crippen LogP contribution in [0.15, 0.2) is 22.9 Å².